The summed E-state index contributed by atoms with van der Waals surface area (Å²) in [5, 5.41) is 7.04. The predicted octanol–water partition coefficient (Wildman–Crippen LogP) is 1.30. The van der Waals surface area contributed by atoms with Gasteiger partial charge in [-0.15, -0.1) is 0 Å². The molecule has 148 valence electrons. The number of likely N-dealkylation sites (N-methyl/N-ethyl adjacent to an activating group) is 1. The first kappa shape index (κ1) is 22.2. The summed E-state index contributed by atoms with van der Waals surface area (Å²) in [5.74, 6) is 0.927. The van der Waals surface area contributed by atoms with Gasteiger partial charge in [-0.3, -0.25) is 9.89 Å². The van der Waals surface area contributed by atoms with Crippen molar-refractivity contribution in [3.63, 3.8) is 0 Å². The van der Waals surface area contributed by atoms with Gasteiger partial charge in [-0.2, -0.15) is 0 Å². The quantitative estimate of drug-likeness (QED) is 0.457. The molecular formula is C19H42N6. The highest BCUT2D eigenvalue weighted by Gasteiger charge is 2.19. The zero-order valence-corrected chi connectivity index (χ0v) is 17.5. The maximum absolute atomic E-state index is 4.39. The van der Waals surface area contributed by atoms with Crippen LogP contribution in [0.15, 0.2) is 4.99 Å². The van der Waals surface area contributed by atoms with Gasteiger partial charge >= 0.3 is 0 Å². The molecule has 0 spiro atoms. The summed E-state index contributed by atoms with van der Waals surface area (Å²) in [6, 6.07) is 0.978. The summed E-state index contributed by atoms with van der Waals surface area (Å²) in [6.07, 6.45) is 2.40. The van der Waals surface area contributed by atoms with E-state index in [1.807, 2.05) is 7.05 Å². The van der Waals surface area contributed by atoms with Crippen molar-refractivity contribution >= 4 is 5.96 Å². The zero-order valence-electron chi connectivity index (χ0n) is 17.5. The molecule has 1 saturated heterocycles. The Morgan fingerprint density at radius 3 is 2.32 bits per heavy atom. The van der Waals surface area contributed by atoms with Gasteiger partial charge in [0.25, 0.3) is 0 Å². The Bertz CT molecular complexity index is 361. The van der Waals surface area contributed by atoms with E-state index in [9.17, 15) is 0 Å². The van der Waals surface area contributed by atoms with Crippen LogP contribution in [0.25, 0.3) is 0 Å². The third-order valence-electron chi connectivity index (χ3n) is 5.34. The molecule has 25 heavy (non-hydrogen) atoms. The minimum absolute atomic E-state index is 0.445. The van der Waals surface area contributed by atoms with Gasteiger partial charge < -0.3 is 20.4 Å². The molecule has 1 fully saturated rings. The van der Waals surface area contributed by atoms with Crippen molar-refractivity contribution < 1.29 is 0 Å². The first-order valence-electron chi connectivity index (χ1n) is 10.1. The Morgan fingerprint density at radius 2 is 1.76 bits per heavy atom. The van der Waals surface area contributed by atoms with Crippen LogP contribution in [0.5, 0.6) is 0 Å². The fourth-order valence-corrected chi connectivity index (χ4v) is 3.30. The second-order valence-electron chi connectivity index (χ2n) is 7.36. The lowest BCUT2D eigenvalue weighted by Crippen LogP contribution is -2.52. The third-order valence-corrected chi connectivity index (χ3v) is 5.34. The molecule has 1 heterocycles. The highest BCUT2D eigenvalue weighted by atomic mass is 15.3. The summed E-state index contributed by atoms with van der Waals surface area (Å²) in [4.78, 5) is 11.8. The predicted molar refractivity (Wildman–Crippen MR) is 110 cm³/mol. The Hall–Kier alpha value is -0.850. The van der Waals surface area contributed by atoms with Crippen molar-refractivity contribution in [2.75, 3.05) is 66.5 Å². The molecule has 1 rings (SSSR count). The second kappa shape index (κ2) is 12.5. The van der Waals surface area contributed by atoms with Crippen LogP contribution in [0, 0.1) is 0 Å². The normalized spacial score (nSPS) is 19.9. The van der Waals surface area contributed by atoms with Crippen molar-refractivity contribution in [2.45, 2.75) is 52.6 Å². The number of nitrogens with zero attached hydrogens (tertiary/aromatic N) is 4. The van der Waals surface area contributed by atoms with Gasteiger partial charge in [0.05, 0.1) is 0 Å². The average molecular weight is 355 g/mol. The van der Waals surface area contributed by atoms with E-state index in [1.165, 1.54) is 32.5 Å². The van der Waals surface area contributed by atoms with Crippen LogP contribution >= 0.6 is 0 Å². The Kier molecular flexibility index (Phi) is 11.1. The SMILES string of the molecule is CCN(CC)CCCC(C)NC(=NC)NCC(C)N1CCN(C)CC1. The molecule has 1 aliphatic heterocycles. The molecular weight excluding hydrogens is 312 g/mol. The lowest BCUT2D eigenvalue weighted by Gasteiger charge is -2.36. The van der Waals surface area contributed by atoms with Crippen LogP contribution < -0.4 is 10.6 Å². The molecule has 0 saturated carbocycles. The Morgan fingerprint density at radius 1 is 1.12 bits per heavy atom. The molecule has 2 atom stereocenters. The van der Waals surface area contributed by atoms with Gasteiger partial charge in [-0.25, -0.2) is 0 Å². The van der Waals surface area contributed by atoms with E-state index in [2.05, 4.69) is 65.1 Å². The number of guanidine groups is 1. The van der Waals surface area contributed by atoms with Crippen LogP contribution in [0.4, 0.5) is 0 Å². The minimum Gasteiger partial charge on any atom is -0.355 e. The highest BCUT2D eigenvalue weighted by molar-refractivity contribution is 5.79. The summed E-state index contributed by atoms with van der Waals surface area (Å²) < 4.78 is 0. The second-order valence-corrected chi connectivity index (χ2v) is 7.36. The maximum atomic E-state index is 4.39. The molecule has 0 aromatic carbocycles. The number of nitrogens with one attached hydrogen (secondary N) is 2. The molecule has 2 unspecified atom stereocenters. The lowest BCUT2D eigenvalue weighted by atomic mass is 10.2. The number of rotatable bonds is 10. The molecule has 0 aromatic heterocycles. The summed E-state index contributed by atoms with van der Waals surface area (Å²) in [7, 11) is 4.06. The fraction of sp³-hybridized carbons (Fsp3) is 0.947. The summed E-state index contributed by atoms with van der Waals surface area (Å²) in [5.41, 5.74) is 0. The standard InChI is InChI=1S/C19H42N6/c1-7-24(8-2)11-9-10-17(3)22-19(20-5)21-16-18(4)25-14-12-23(6)13-15-25/h17-18H,7-16H2,1-6H3,(H2,20,21,22). The van der Waals surface area contributed by atoms with E-state index < -0.39 is 0 Å². The molecule has 0 aliphatic carbocycles. The van der Waals surface area contributed by atoms with Gasteiger partial charge in [0, 0.05) is 51.9 Å². The van der Waals surface area contributed by atoms with Crippen molar-refractivity contribution in [1.82, 2.24) is 25.3 Å². The third kappa shape index (κ3) is 8.88. The molecule has 2 N–H and O–H groups in total. The van der Waals surface area contributed by atoms with Gasteiger partial charge in [0.15, 0.2) is 5.96 Å². The van der Waals surface area contributed by atoms with Gasteiger partial charge in [0.1, 0.15) is 0 Å². The molecule has 1 aliphatic rings. The van der Waals surface area contributed by atoms with Gasteiger partial charge in [0.2, 0.25) is 0 Å². The first-order chi connectivity index (χ1) is 12.0. The van der Waals surface area contributed by atoms with Crippen LogP contribution in [0.3, 0.4) is 0 Å². The number of hydrogen-bond acceptors (Lipinski definition) is 4. The van der Waals surface area contributed by atoms with Crippen LogP contribution in [0.2, 0.25) is 0 Å². The van der Waals surface area contributed by atoms with E-state index in [1.54, 1.807) is 0 Å². The smallest absolute Gasteiger partial charge is 0.191 e. The molecule has 0 bridgehead atoms. The van der Waals surface area contributed by atoms with Crippen LogP contribution in [-0.4, -0.2) is 99.2 Å². The highest BCUT2D eigenvalue weighted by Crippen LogP contribution is 2.04. The van der Waals surface area contributed by atoms with Crippen molar-refractivity contribution in [2.24, 2.45) is 4.99 Å². The maximum Gasteiger partial charge on any atom is 0.191 e. The van der Waals surface area contributed by atoms with Crippen molar-refractivity contribution in [3.8, 4) is 0 Å². The fourth-order valence-electron chi connectivity index (χ4n) is 3.30. The molecule has 6 nitrogen and oxygen atoms in total. The summed E-state index contributed by atoms with van der Waals surface area (Å²) >= 11 is 0. The van der Waals surface area contributed by atoms with E-state index >= 15 is 0 Å². The van der Waals surface area contributed by atoms with E-state index in [4.69, 9.17) is 0 Å². The van der Waals surface area contributed by atoms with E-state index in [0.29, 0.717) is 12.1 Å². The Balaban J connectivity index is 2.24. The van der Waals surface area contributed by atoms with Gasteiger partial charge in [-0.05, 0) is 53.4 Å². The number of hydrogen-bond donors (Lipinski definition) is 2. The van der Waals surface area contributed by atoms with E-state index in [0.717, 1.165) is 38.7 Å². The van der Waals surface area contributed by atoms with Crippen LogP contribution in [-0.2, 0) is 0 Å². The lowest BCUT2D eigenvalue weighted by molar-refractivity contribution is 0.120. The topological polar surface area (TPSA) is 46.1 Å². The van der Waals surface area contributed by atoms with Crippen molar-refractivity contribution in [1.29, 1.82) is 0 Å². The summed E-state index contributed by atoms with van der Waals surface area (Å²) in [6.45, 7) is 18.1. The molecule has 0 radical (unpaired) electrons. The zero-order chi connectivity index (χ0) is 18.7. The molecule has 6 heteroatoms. The minimum atomic E-state index is 0.445. The Labute approximate surface area is 156 Å². The monoisotopic (exact) mass is 354 g/mol. The molecule has 0 aromatic rings. The van der Waals surface area contributed by atoms with Gasteiger partial charge in [-0.1, -0.05) is 13.8 Å². The largest absolute Gasteiger partial charge is 0.355 e. The average Bonchev–Trinajstić information content (AvgIpc) is 2.62. The van der Waals surface area contributed by atoms with Crippen molar-refractivity contribution in [3.05, 3.63) is 0 Å². The number of aliphatic imine (C=N–C) groups is 1. The molecule has 0 amide bonds. The number of piperazine rings is 1. The first-order valence-corrected chi connectivity index (χ1v) is 10.1. The van der Waals surface area contributed by atoms with E-state index in [-0.39, 0.29) is 0 Å². The van der Waals surface area contributed by atoms with Crippen LogP contribution in [0.1, 0.15) is 40.5 Å².